The molecule has 10 heteroatoms. The summed E-state index contributed by atoms with van der Waals surface area (Å²) < 4.78 is 42.6. The van der Waals surface area contributed by atoms with Gasteiger partial charge >= 0.3 is 12.1 Å². The third-order valence-corrected chi connectivity index (χ3v) is 3.46. The average molecular weight is 371 g/mol. The number of amides is 1. The van der Waals surface area contributed by atoms with Crippen molar-refractivity contribution in [2.24, 2.45) is 0 Å². The number of hydrogen-bond donors (Lipinski definition) is 1. The predicted molar refractivity (Wildman–Crippen MR) is 81.9 cm³/mol. The summed E-state index contributed by atoms with van der Waals surface area (Å²) in [5.74, 6) is -1.04. The van der Waals surface area contributed by atoms with Crippen LogP contribution in [0.3, 0.4) is 0 Å². The number of aromatic nitrogens is 2. The van der Waals surface area contributed by atoms with Crippen molar-refractivity contribution >= 4 is 11.9 Å². The molecule has 1 amide bonds. The number of carboxylic acid groups (broad SMARTS) is 1. The van der Waals surface area contributed by atoms with Crippen LogP contribution < -0.4 is 0 Å². The van der Waals surface area contributed by atoms with Gasteiger partial charge in [-0.2, -0.15) is 18.2 Å². The van der Waals surface area contributed by atoms with E-state index in [9.17, 15) is 22.8 Å². The minimum atomic E-state index is -4.46. The van der Waals surface area contributed by atoms with E-state index in [1.807, 2.05) is 0 Å². The van der Waals surface area contributed by atoms with E-state index >= 15 is 0 Å². The van der Waals surface area contributed by atoms with Crippen molar-refractivity contribution in [1.29, 1.82) is 0 Å². The fourth-order valence-electron chi connectivity index (χ4n) is 2.23. The van der Waals surface area contributed by atoms with Gasteiger partial charge in [-0.3, -0.25) is 9.59 Å². The SMILES string of the molecule is Cc1noc(CCC(=O)N(CC(=O)O)Cc2ccc(C(F)(F)F)cc2)n1. The van der Waals surface area contributed by atoms with Gasteiger partial charge in [0.25, 0.3) is 0 Å². The van der Waals surface area contributed by atoms with Gasteiger partial charge in [-0.05, 0) is 24.6 Å². The van der Waals surface area contributed by atoms with Crippen molar-refractivity contribution in [3.05, 3.63) is 47.1 Å². The highest BCUT2D eigenvalue weighted by atomic mass is 19.4. The lowest BCUT2D eigenvalue weighted by Gasteiger charge is -2.21. The fraction of sp³-hybridized carbons (Fsp3) is 0.375. The molecule has 1 aromatic carbocycles. The van der Waals surface area contributed by atoms with E-state index in [-0.39, 0.29) is 25.3 Å². The maximum absolute atomic E-state index is 12.6. The third-order valence-electron chi connectivity index (χ3n) is 3.46. The molecule has 1 N–H and O–H groups in total. The Morgan fingerprint density at radius 1 is 1.23 bits per heavy atom. The number of rotatable bonds is 7. The first-order chi connectivity index (χ1) is 12.1. The molecule has 7 nitrogen and oxygen atoms in total. The van der Waals surface area contributed by atoms with Gasteiger partial charge < -0.3 is 14.5 Å². The third kappa shape index (κ3) is 5.57. The molecule has 0 spiro atoms. The fourth-order valence-corrected chi connectivity index (χ4v) is 2.23. The zero-order valence-corrected chi connectivity index (χ0v) is 13.8. The van der Waals surface area contributed by atoms with Crippen LogP contribution in [-0.2, 0) is 28.7 Å². The number of hydrogen-bond acceptors (Lipinski definition) is 5. The monoisotopic (exact) mass is 371 g/mol. The number of carbonyl (C=O) groups excluding carboxylic acids is 1. The summed E-state index contributed by atoms with van der Waals surface area (Å²) in [6.45, 7) is 0.936. The largest absolute Gasteiger partial charge is 0.480 e. The van der Waals surface area contributed by atoms with Gasteiger partial charge in [0.05, 0.1) is 5.56 Å². The number of benzene rings is 1. The zero-order chi connectivity index (χ0) is 19.3. The summed E-state index contributed by atoms with van der Waals surface area (Å²) in [6, 6.07) is 4.21. The lowest BCUT2D eigenvalue weighted by molar-refractivity contribution is -0.144. The molecule has 1 aromatic heterocycles. The molecule has 0 saturated heterocycles. The molecule has 2 rings (SSSR count). The van der Waals surface area contributed by atoms with Gasteiger partial charge in [0, 0.05) is 19.4 Å². The Kier molecular flexibility index (Phi) is 5.96. The average Bonchev–Trinajstić information content (AvgIpc) is 2.96. The van der Waals surface area contributed by atoms with Crippen LogP contribution in [0.15, 0.2) is 28.8 Å². The molecule has 0 aliphatic carbocycles. The molecule has 0 aliphatic heterocycles. The molecule has 26 heavy (non-hydrogen) atoms. The van der Waals surface area contributed by atoms with Crippen molar-refractivity contribution in [1.82, 2.24) is 15.0 Å². The molecule has 140 valence electrons. The molecule has 0 saturated carbocycles. The van der Waals surface area contributed by atoms with E-state index < -0.39 is 30.2 Å². The summed E-state index contributed by atoms with van der Waals surface area (Å²) in [5.41, 5.74) is -0.426. The first kappa shape index (κ1) is 19.4. The van der Waals surface area contributed by atoms with E-state index in [1.54, 1.807) is 6.92 Å². The minimum Gasteiger partial charge on any atom is -0.480 e. The summed E-state index contributed by atoms with van der Waals surface area (Å²) in [4.78, 5) is 28.3. The van der Waals surface area contributed by atoms with Crippen LogP contribution in [0, 0.1) is 6.92 Å². The second-order valence-electron chi connectivity index (χ2n) is 5.57. The lowest BCUT2D eigenvalue weighted by Crippen LogP contribution is -2.35. The standard InChI is InChI=1S/C16H16F3N3O4/c1-10-20-13(26-21-10)6-7-14(23)22(9-15(24)25)8-11-2-4-12(5-3-11)16(17,18)19/h2-5H,6-9H2,1H3,(H,24,25). The first-order valence-electron chi connectivity index (χ1n) is 7.60. The maximum atomic E-state index is 12.6. The maximum Gasteiger partial charge on any atom is 0.416 e. The number of nitrogens with zero attached hydrogens (tertiary/aromatic N) is 3. The Labute approximate surface area is 146 Å². The highest BCUT2D eigenvalue weighted by Crippen LogP contribution is 2.29. The van der Waals surface area contributed by atoms with Crippen LogP contribution in [0.4, 0.5) is 13.2 Å². The highest BCUT2D eigenvalue weighted by Gasteiger charge is 2.30. The van der Waals surface area contributed by atoms with Crippen molar-refractivity contribution in [3.63, 3.8) is 0 Å². The molecule has 0 bridgehead atoms. The van der Waals surface area contributed by atoms with E-state index in [4.69, 9.17) is 9.63 Å². The molecule has 0 unspecified atom stereocenters. The van der Waals surface area contributed by atoms with Gasteiger partial charge in [-0.1, -0.05) is 17.3 Å². The molecule has 0 radical (unpaired) electrons. The molecule has 0 atom stereocenters. The summed E-state index contributed by atoms with van der Waals surface area (Å²) in [6.07, 6.45) is -4.38. The van der Waals surface area contributed by atoms with Gasteiger partial charge in [0.2, 0.25) is 11.8 Å². The topological polar surface area (TPSA) is 96.5 Å². The van der Waals surface area contributed by atoms with Gasteiger partial charge in [-0.25, -0.2) is 0 Å². The molecule has 2 aromatic rings. The van der Waals surface area contributed by atoms with Crippen molar-refractivity contribution in [2.45, 2.75) is 32.5 Å². The lowest BCUT2D eigenvalue weighted by atomic mass is 10.1. The normalized spacial score (nSPS) is 11.4. The minimum absolute atomic E-state index is 0.0600. The Morgan fingerprint density at radius 2 is 1.88 bits per heavy atom. The van der Waals surface area contributed by atoms with E-state index in [1.165, 1.54) is 12.1 Å². The summed E-state index contributed by atoms with van der Waals surface area (Å²) in [5, 5.41) is 12.6. The van der Waals surface area contributed by atoms with Crippen LogP contribution >= 0.6 is 0 Å². The van der Waals surface area contributed by atoms with Gasteiger partial charge in [0.1, 0.15) is 6.54 Å². The highest BCUT2D eigenvalue weighted by molar-refractivity contribution is 5.81. The van der Waals surface area contributed by atoms with Crippen molar-refractivity contribution in [2.75, 3.05) is 6.54 Å². The van der Waals surface area contributed by atoms with Crippen molar-refractivity contribution < 1.29 is 32.4 Å². The Bertz CT molecular complexity index is 772. The van der Waals surface area contributed by atoms with Crippen LogP contribution in [-0.4, -0.2) is 38.6 Å². The summed E-state index contributed by atoms with van der Waals surface area (Å²) in [7, 11) is 0. The molecular formula is C16H16F3N3O4. The number of alkyl halides is 3. The smallest absolute Gasteiger partial charge is 0.416 e. The molecular weight excluding hydrogens is 355 g/mol. The Balaban J connectivity index is 2.03. The Morgan fingerprint density at radius 3 is 2.38 bits per heavy atom. The number of carboxylic acids is 1. The second kappa shape index (κ2) is 7.98. The van der Waals surface area contributed by atoms with Crippen LogP contribution in [0.5, 0.6) is 0 Å². The van der Waals surface area contributed by atoms with E-state index in [0.717, 1.165) is 17.0 Å². The second-order valence-corrected chi connectivity index (χ2v) is 5.57. The van der Waals surface area contributed by atoms with Gasteiger partial charge in [0.15, 0.2) is 5.82 Å². The van der Waals surface area contributed by atoms with E-state index in [2.05, 4.69) is 10.1 Å². The number of carbonyl (C=O) groups is 2. The summed E-state index contributed by atoms with van der Waals surface area (Å²) >= 11 is 0. The van der Waals surface area contributed by atoms with Crippen LogP contribution in [0.25, 0.3) is 0 Å². The zero-order valence-electron chi connectivity index (χ0n) is 13.8. The van der Waals surface area contributed by atoms with E-state index in [0.29, 0.717) is 11.4 Å². The Hall–Kier alpha value is -2.91. The van der Waals surface area contributed by atoms with Gasteiger partial charge in [-0.15, -0.1) is 0 Å². The number of aryl methyl sites for hydroxylation is 2. The molecule has 0 fully saturated rings. The molecule has 1 heterocycles. The quantitative estimate of drug-likeness (QED) is 0.803. The predicted octanol–water partition coefficient (Wildman–Crippen LogP) is 2.44. The number of aliphatic carboxylic acids is 1. The van der Waals surface area contributed by atoms with Crippen LogP contribution in [0.1, 0.15) is 29.3 Å². The van der Waals surface area contributed by atoms with Crippen LogP contribution in [0.2, 0.25) is 0 Å². The first-order valence-corrected chi connectivity index (χ1v) is 7.60. The molecule has 0 aliphatic rings. The van der Waals surface area contributed by atoms with Crippen molar-refractivity contribution in [3.8, 4) is 0 Å². The number of halogens is 3.